The monoisotopic (exact) mass is 455 g/mol. The van der Waals surface area contributed by atoms with E-state index >= 15 is 0 Å². The van der Waals surface area contributed by atoms with Crippen LogP contribution in [0.1, 0.15) is 25.8 Å². The van der Waals surface area contributed by atoms with Crippen molar-refractivity contribution in [3.05, 3.63) is 54.1 Å². The van der Waals surface area contributed by atoms with E-state index in [0.717, 1.165) is 12.1 Å². The predicted octanol–water partition coefficient (Wildman–Crippen LogP) is 3.68. The fourth-order valence-electron chi connectivity index (χ4n) is 2.99. The molecule has 2 N–H and O–H groups in total. The minimum Gasteiger partial charge on any atom is -0.406 e. The van der Waals surface area contributed by atoms with Gasteiger partial charge in [0.25, 0.3) is 10.0 Å². The van der Waals surface area contributed by atoms with Crippen LogP contribution in [0.4, 0.5) is 18.9 Å². The van der Waals surface area contributed by atoms with Crippen molar-refractivity contribution in [2.24, 2.45) is 10.9 Å². The van der Waals surface area contributed by atoms with Crippen molar-refractivity contribution < 1.29 is 31.1 Å². The van der Waals surface area contributed by atoms with Gasteiger partial charge in [-0.3, -0.25) is 14.5 Å². The van der Waals surface area contributed by atoms with Crippen molar-refractivity contribution in [2.75, 3.05) is 5.32 Å². The molecule has 0 fully saturated rings. The van der Waals surface area contributed by atoms with Gasteiger partial charge in [0.15, 0.2) is 0 Å². The van der Waals surface area contributed by atoms with E-state index in [4.69, 9.17) is 0 Å². The number of nitrogens with zero attached hydrogens (tertiary/aromatic N) is 1. The Balaban J connectivity index is 1.84. The molecule has 0 bridgehead atoms. The summed E-state index contributed by atoms with van der Waals surface area (Å²) < 4.78 is 67.6. The Morgan fingerprint density at radius 1 is 1.16 bits per heavy atom. The summed E-state index contributed by atoms with van der Waals surface area (Å²) in [5.74, 6) is -1.10. The molecule has 31 heavy (non-hydrogen) atoms. The number of nitrogens with one attached hydrogen (secondary N) is 2. The number of hydrogen-bond donors (Lipinski definition) is 2. The lowest BCUT2D eigenvalue weighted by Crippen LogP contribution is -2.34. The maximum absolute atomic E-state index is 12.9. The highest BCUT2D eigenvalue weighted by Gasteiger charge is 2.33. The summed E-state index contributed by atoms with van der Waals surface area (Å²) in [6.45, 7) is 3.66. The number of alkyl halides is 3. The standard InChI is InChI=1S/C20H20F3N3O4S/c1-3-12(2)17(25-18-15-6-4-5-7-16(15)31(28,29)26-18)19(27)24-13-8-10-14(11-9-13)30-20(21,22)23/h4-12,17H,3H2,1-2H3,(H,24,27)(H,25,26)/t12-,17-/m0/s1. The molecule has 1 amide bonds. The number of benzene rings is 2. The third-order valence-electron chi connectivity index (χ3n) is 4.74. The van der Waals surface area contributed by atoms with Gasteiger partial charge < -0.3 is 10.1 Å². The van der Waals surface area contributed by atoms with Crippen LogP contribution >= 0.6 is 0 Å². The van der Waals surface area contributed by atoms with Crippen molar-refractivity contribution >= 4 is 27.5 Å². The van der Waals surface area contributed by atoms with E-state index in [2.05, 4.69) is 19.8 Å². The van der Waals surface area contributed by atoms with E-state index in [1.165, 1.54) is 18.2 Å². The Morgan fingerprint density at radius 3 is 2.42 bits per heavy atom. The summed E-state index contributed by atoms with van der Waals surface area (Å²) in [6, 6.07) is 10.1. The topological polar surface area (TPSA) is 96.9 Å². The van der Waals surface area contributed by atoms with E-state index in [0.29, 0.717) is 12.0 Å². The van der Waals surface area contributed by atoms with E-state index in [1.54, 1.807) is 25.1 Å². The van der Waals surface area contributed by atoms with Crippen LogP contribution in [0.5, 0.6) is 5.75 Å². The van der Waals surface area contributed by atoms with Gasteiger partial charge in [-0.2, -0.15) is 0 Å². The molecule has 2 aromatic rings. The third-order valence-corrected chi connectivity index (χ3v) is 6.14. The quantitative estimate of drug-likeness (QED) is 0.695. The Labute approximate surface area is 177 Å². The van der Waals surface area contributed by atoms with Crippen molar-refractivity contribution in [1.82, 2.24) is 4.72 Å². The number of rotatable bonds is 6. The Hall–Kier alpha value is -3.08. The van der Waals surface area contributed by atoms with Gasteiger partial charge in [-0.25, -0.2) is 8.42 Å². The van der Waals surface area contributed by atoms with E-state index in [9.17, 15) is 26.4 Å². The molecule has 0 saturated heterocycles. The number of sulfonamides is 1. The molecule has 0 aromatic heterocycles. The van der Waals surface area contributed by atoms with E-state index < -0.39 is 34.1 Å². The van der Waals surface area contributed by atoms with Gasteiger partial charge in [0.1, 0.15) is 17.6 Å². The zero-order chi connectivity index (χ0) is 22.8. The molecule has 11 heteroatoms. The molecule has 0 unspecified atom stereocenters. The third kappa shape index (κ3) is 5.35. The fraction of sp³-hybridized carbons (Fsp3) is 0.300. The summed E-state index contributed by atoms with van der Waals surface area (Å²) >= 11 is 0. The van der Waals surface area contributed by atoms with Gasteiger partial charge in [0.05, 0.1) is 4.90 Å². The second kappa shape index (κ2) is 8.58. The number of halogens is 3. The van der Waals surface area contributed by atoms with Gasteiger partial charge in [-0.15, -0.1) is 13.2 Å². The Morgan fingerprint density at radius 2 is 1.81 bits per heavy atom. The SMILES string of the molecule is CC[C@H](C)[C@H](N=C1NS(=O)(=O)c2ccccc21)C(=O)Nc1ccc(OC(F)(F)F)cc1. The first-order valence-corrected chi connectivity index (χ1v) is 10.8. The van der Waals surface area contributed by atoms with Crippen molar-refractivity contribution in [1.29, 1.82) is 0 Å². The van der Waals surface area contributed by atoms with Gasteiger partial charge in [0, 0.05) is 11.3 Å². The normalized spacial score (nSPS) is 18.0. The van der Waals surface area contributed by atoms with Gasteiger partial charge in [0.2, 0.25) is 5.91 Å². The summed E-state index contributed by atoms with van der Waals surface area (Å²) in [5.41, 5.74) is 0.623. The number of amidine groups is 1. The van der Waals surface area contributed by atoms with Crippen LogP contribution in [0.25, 0.3) is 0 Å². The maximum Gasteiger partial charge on any atom is 0.573 e. The molecule has 166 valence electrons. The second-order valence-corrected chi connectivity index (χ2v) is 8.62. The van der Waals surface area contributed by atoms with E-state index in [-0.39, 0.29) is 22.3 Å². The molecule has 1 aliphatic rings. The highest BCUT2D eigenvalue weighted by Crippen LogP contribution is 2.26. The summed E-state index contributed by atoms with van der Waals surface area (Å²) in [6.07, 6.45) is -4.23. The minimum absolute atomic E-state index is 0.0741. The van der Waals surface area contributed by atoms with Gasteiger partial charge in [-0.1, -0.05) is 32.4 Å². The number of amides is 1. The van der Waals surface area contributed by atoms with Crippen LogP contribution in [-0.4, -0.2) is 32.6 Å². The van der Waals surface area contributed by atoms with Crippen LogP contribution in [0, 0.1) is 5.92 Å². The van der Waals surface area contributed by atoms with Crippen LogP contribution in [-0.2, 0) is 14.8 Å². The highest BCUT2D eigenvalue weighted by atomic mass is 32.2. The molecule has 2 atom stereocenters. The zero-order valence-corrected chi connectivity index (χ0v) is 17.4. The zero-order valence-electron chi connectivity index (χ0n) is 16.6. The Kier molecular flexibility index (Phi) is 6.25. The first kappa shape index (κ1) is 22.6. The van der Waals surface area contributed by atoms with Crippen LogP contribution < -0.4 is 14.8 Å². The molecule has 7 nitrogen and oxygen atoms in total. The van der Waals surface area contributed by atoms with Crippen LogP contribution in [0.2, 0.25) is 0 Å². The number of carbonyl (C=O) groups excluding carboxylic acids is 1. The van der Waals surface area contributed by atoms with Crippen molar-refractivity contribution in [3.63, 3.8) is 0 Å². The fourth-order valence-corrected chi connectivity index (χ4v) is 4.23. The average Bonchev–Trinajstić information content (AvgIpc) is 2.96. The van der Waals surface area contributed by atoms with Gasteiger partial charge in [-0.05, 0) is 42.3 Å². The van der Waals surface area contributed by atoms with E-state index in [1.807, 2.05) is 6.92 Å². The van der Waals surface area contributed by atoms with Gasteiger partial charge >= 0.3 is 6.36 Å². The molecule has 1 heterocycles. The van der Waals surface area contributed by atoms with Crippen molar-refractivity contribution in [2.45, 2.75) is 37.6 Å². The number of anilines is 1. The molecule has 0 aliphatic carbocycles. The van der Waals surface area contributed by atoms with Crippen molar-refractivity contribution in [3.8, 4) is 5.75 Å². The minimum atomic E-state index is -4.81. The lowest BCUT2D eigenvalue weighted by molar-refractivity contribution is -0.274. The first-order chi connectivity index (χ1) is 14.5. The number of fused-ring (bicyclic) bond motifs is 1. The summed E-state index contributed by atoms with van der Waals surface area (Å²) in [5, 5.41) is 2.61. The maximum atomic E-state index is 12.9. The molecule has 2 aromatic carbocycles. The van der Waals surface area contributed by atoms with Crippen LogP contribution in [0.3, 0.4) is 0 Å². The van der Waals surface area contributed by atoms with Crippen LogP contribution in [0.15, 0.2) is 58.4 Å². The second-order valence-electron chi connectivity index (χ2n) is 6.97. The molecular weight excluding hydrogens is 435 g/mol. The average molecular weight is 455 g/mol. The molecule has 0 spiro atoms. The summed E-state index contributed by atoms with van der Waals surface area (Å²) in [4.78, 5) is 17.3. The first-order valence-electron chi connectivity index (χ1n) is 9.37. The smallest absolute Gasteiger partial charge is 0.406 e. The Bertz CT molecular complexity index is 1100. The molecule has 0 radical (unpaired) electrons. The highest BCUT2D eigenvalue weighted by molar-refractivity contribution is 7.90. The lowest BCUT2D eigenvalue weighted by Gasteiger charge is -2.19. The largest absolute Gasteiger partial charge is 0.573 e. The molecular formula is C20H20F3N3O4S. The number of aliphatic imine (C=N–C) groups is 1. The molecule has 1 aliphatic heterocycles. The predicted molar refractivity (Wildman–Crippen MR) is 108 cm³/mol. The molecule has 3 rings (SSSR count). The number of carbonyl (C=O) groups is 1. The number of ether oxygens (including phenoxy) is 1. The summed E-state index contributed by atoms with van der Waals surface area (Å²) in [7, 11) is -3.76. The molecule has 0 saturated carbocycles. The number of hydrogen-bond acceptors (Lipinski definition) is 5. The lowest BCUT2D eigenvalue weighted by atomic mass is 9.98.